The molecule has 1 nitrogen and oxygen atoms in total. The largest absolute Gasteiger partial charge is 0.300 e. The van der Waals surface area contributed by atoms with E-state index in [4.69, 9.17) is 0 Å². The number of unbranched alkanes of at least 4 members (excludes halogenated alkanes) is 5. The molecule has 0 aliphatic rings. The Morgan fingerprint density at radius 2 is 1.48 bits per heavy atom. The molecule has 0 spiro atoms. The minimum Gasteiger partial charge on any atom is -0.300 e. The van der Waals surface area contributed by atoms with Crippen molar-refractivity contribution in [2.24, 2.45) is 17.3 Å². The zero-order chi connectivity index (χ0) is 17.7. The second-order valence-corrected chi connectivity index (χ2v) is 8.84. The third-order valence-corrected chi connectivity index (χ3v) is 4.97. The van der Waals surface area contributed by atoms with Crippen molar-refractivity contribution in [3.05, 3.63) is 0 Å². The molecule has 0 bridgehead atoms. The Labute approximate surface area is 147 Å². The van der Waals surface area contributed by atoms with Crippen molar-refractivity contribution >= 4 is 5.78 Å². The lowest BCUT2D eigenvalue weighted by Gasteiger charge is -2.29. The number of Topliss-reactive ketones (excluding diaryl/α,β-unsaturated/α-hetero) is 1. The average Bonchev–Trinajstić information content (AvgIpc) is 2.41. The zero-order valence-electron chi connectivity index (χ0n) is 17.0. The van der Waals surface area contributed by atoms with Gasteiger partial charge in [-0.25, -0.2) is 0 Å². The molecule has 0 aliphatic heterocycles. The standard InChI is InChI=1S/C22H44O/c1-7-9-10-11-12-13-15-21(23)18-22(5,6)17-20(4)16-19(3)14-8-2/h19-20H,7-18H2,1-6H3. The van der Waals surface area contributed by atoms with E-state index in [9.17, 15) is 4.79 Å². The Morgan fingerprint density at radius 3 is 2.09 bits per heavy atom. The van der Waals surface area contributed by atoms with Crippen LogP contribution >= 0.6 is 0 Å². The third-order valence-electron chi connectivity index (χ3n) is 4.97. The molecular weight excluding hydrogens is 280 g/mol. The summed E-state index contributed by atoms with van der Waals surface area (Å²) in [6.07, 6.45) is 14.3. The first kappa shape index (κ1) is 22.7. The Kier molecular flexibility index (Phi) is 12.8. The van der Waals surface area contributed by atoms with Crippen LogP contribution in [0.5, 0.6) is 0 Å². The first-order chi connectivity index (χ1) is 10.8. The van der Waals surface area contributed by atoms with E-state index >= 15 is 0 Å². The Morgan fingerprint density at radius 1 is 0.870 bits per heavy atom. The van der Waals surface area contributed by atoms with Gasteiger partial charge in [-0.05, 0) is 36.5 Å². The summed E-state index contributed by atoms with van der Waals surface area (Å²) in [5.74, 6) is 2.04. The summed E-state index contributed by atoms with van der Waals surface area (Å²) in [5, 5.41) is 0. The summed E-state index contributed by atoms with van der Waals surface area (Å²) in [4.78, 5) is 12.3. The highest BCUT2D eigenvalue weighted by molar-refractivity contribution is 5.78. The van der Waals surface area contributed by atoms with Gasteiger partial charge in [-0.1, -0.05) is 86.5 Å². The fraction of sp³-hybridized carbons (Fsp3) is 0.955. The van der Waals surface area contributed by atoms with Gasteiger partial charge in [0.2, 0.25) is 0 Å². The molecule has 0 saturated carbocycles. The summed E-state index contributed by atoms with van der Waals surface area (Å²) in [7, 11) is 0. The second kappa shape index (κ2) is 13.0. The van der Waals surface area contributed by atoms with Crippen LogP contribution in [0.2, 0.25) is 0 Å². The summed E-state index contributed by atoms with van der Waals surface area (Å²) in [6.45, 7) is 13.8. The fourth-order valence-corrected chi connectivity index (χ4v) is 4.12. The Balaban J connectivity index is 3.93. The molecule has 0 aromatic carbocycles. The van der Waals surface area contributed by atoms with Crippen molar-refractivity contribution in [1.82, 2.24) is 0 Å². The summed E-state index contributed by atoms with van der Waals surface area (Å²) < 4.78 is 0. The van der Waals surface area contributed by atoms with Crippen LogP contribution in [0.4, 0.5) is 0 Å². The van der Waals surface area contributed by atoms with E-state index in [-0.39, 0.29) is 5.41 Å². The van der Waals surface area contributed by atoms with Crippen molar-refractivity contribution in [1.29, 1.82) is 0 Å². The van der Waals surface area contributed by atoms with Crippen LogP contribution < -0.4 is 0 Å². The van der Waals surface area contributed by atoms with E-state index in [1.165, 1.54) is 57.8 Å². The predicted molar refractivity (Wildman–Crippen MR) is 104 cm³/mol. The van der Waals surface area contributed by atoms with Gasteiger partial charge in [-0.2, -0.15) is 0 Å². The highest BCUT2D eigenvalue weighted by Gasteiger charge is 2.24. The lowest BCUT2D eigenvalue weighted by Crippen LogP contribution is -2.21. The maximum atomic E-state index is 12.3. The fourth-order valence-electron chi connectivity index (χ4n) is 4.12. The molecule has 0 aliphatic carbocycles. The maximum Gasteiger partial charge on any atom is 0.133 e. The molecule has 138 valence electrons. The molecule has 0 heterocycles. The molecule has 2 atom stereocenters. The smallest absolute Gasteiger partial charge is 0.133 e. The van der Waals surface area contributed by atoms with Crippen LogP contribution in [0.25, 0.3) is 0 Å². The summed E-state index contributed by atoms with van der Waals surface area (Å²) >= 11 is 0. The van der Waals surface area contributed by atoms with Crippen molar-refractivity contribution in [2.75, 3.05) is 0 Å². The van der Waals surface area contributed by atoms with E-state index in [0.717, 1.165) is 31.1 Å². The molecular formula is C22H44O. The third kappa shape index (κ3) is 13.8. The highest BCUT2D eigenvalue weighted by Crippen LogP contribution is 2.33. The normalized spacial score (nSPS) is 14.7. The molecule has 1 heteroatoms. The molecule has 0 saturated heterocycles. The molecule has 2 unspecified atom stereocenters. The number of hydrogen-bond donors (Lipinski definition) is 0. The minimum atomic E-state index is 0.171. The SMILES string of the molecule is CCCCCCCCC(=O)CC(C)(C)CC(C)CC(C)CCC. The highest BCUT2D eigenvalue weighted by atomic mass is 16.1. The second-order valence-electron chi connectivity index (χ2n) is 8.84. The molecule has 0 fully saturated rings. The quantitative estimate of drug-likeness (QED) is 0.284. The maximum absolute atomic E-state index is 12.3. The van der Waals surface area contributed by atoms with E-state index in [2.05, 4.69) is 41.5 Å². The molecule has 0 amide bonds. The van der Waals surface area contributed by atoms with Gasteiger partial charge in [0, 0.05) is 12.8 Å². The van der Waals surface area contributed by atoms with Gasteiger partial charge in [0.15, 0.2) is 0 Å². The van der Waals surface area contributed by atoms with Crippen molar-refractivity contribution in [3.8, 4) is 0 Å². The number of carbonyl (C=O) groups is 1. The molecule has 0 aromatic rings. The van der Waals surface area contributed by atoms with Crippen LogP contribution in [0.3, 0.4) is 0 Å². The Bertz CT molecular complexity index is 292. The van der Waals surface area contributed by atoms with Crippen molar-refractivity contribution in [2.45, 2.75) is 119 Å². The first-order valence-electron chi connectivity index (χ1n) is 10.3. The average molecular weight is 325 g/mol. The van der Waals surface area contributed by atoms with Gasteiger partial charge in [0.1, 0.15) is 5.78 Å². The van der Waals surface area contributed by atoms with Crippen molar-refractivity contribution in [3.63, 3.8) is 0 Å². The van der Waals surface area contributed by atoms with Gasteiger partial charge >= 0.3 is 0 Å². The number of hydrogen-bond acceptors (Lipinski definition) is 1. The molecule has 0 aromatic heterocycles. The van der Waals surface area contributed by atoms with Crippen LogP contribution in [0, 0.1) is 17.3 Å². The summed E-state index contributed by atoms with van der Waals surface area (Å²) in [6, 6.07) is 0. The first-order valence-corrected chi connectivity index (χ1v) is 10.3. The molecule has 0 N–H and O–H groups in total. The van der Waals surface area contributed by atoms with E-state index < -0.39 is 0 Å². The van der Waals surface area contributed by atoms with Gasteiger partial charge < -0.3 is 0 Å². The van der Waals surface area contributed by atoms with E-state index in [0.29, 0.717) is 5.78 Å². The van der Waals surface area contributed by atoms with Crippen molar-refractivity contribution < 1.29 is 4.79 Å². The number of carbonyl (C=O) groups excluding carboxylic acids is 1. The topological polar surface area (TPSA) is 17.1 Å². The molecule has 0 radical (unpaired) electrons. The van der Waals surface area contributed by atoms with Crippen LogP contribution in [0.1, 0.15) is 119 Å². The number of ketones is 1. The minimum absolute atomic E-state index is 0.171. The van der Waals surface area contributed by atoms with Crippen LogP contribution in [0.15, 0.2) is 0 Å². The lowest BCUT2D eigenvalue weighted by atomic mass is 9.76. The molecule has 0 rings (SSSR count). The lowest BCUT2D eigenvalue weighted by molar-refractivity contribution is -0.121. The predicted octanol–water partition coefficient (Wildman–Crippen LogP) is 7.57. The van der Waals surface area contributed by atoms with Gasteiger partial charge in [-0.15, -0.1) is 0 Å². The van der Waals surface area contributed by atoms with E-state index in [1.807, 2.05) is 0 Å². The van der Waals surface area contributed by atoms with Gasteiger partial charge in [0.25, 0.3) is 0 Å². The summed E-state index contributed by atoms with van der Waals surface area (Å²) in [5.41, 5.74) is 0.171. The van der Waals surface area contributed by atoms with Crippen LogP contribution in [-0.4, -0.2) is 5.78 Å². The monoisotopic (exact) mass is 324 g/mol. The van der Waals surface area contributed by atoms with Gasteiger partial charge in [0.05, 0.1) is 0 Å². The molecule has 23 heavy (non-hydrogen) atoms. The van der Waals surface area contributed by atoms with E-state index in [1.54, 1.807) is 0 Å². The number of rotatable bonds is 15. The van der Waals surface area contributed by atoms with Crippen LogP contribution in [-0.2, 0) is 4.79 Å². The Hall–Kier alpha value is -0.330. The van der Waals surface area contributed by atoms with Gasteiger partial charge in [-0.3, -0.25) is 4.79 Å². The zero-order valence-corrected chi connectivity index (χ0v) is 17.0.